The molecule has 8 nitrogen and oxygen atoms in total. The average molecular weight is 441 g/mol. The number of benzene rings is 2. The highest BCUT2D eigenvalue weighted by Crippen LogP contribution is 2.29. The quantitative estimate of drug-likeness (QED) is 0.445. The molecule has 2 aromatic rings. The molecule has 0 bridgehead atoms. The fourth-order valence-electron chi connectivity index (χ4n) is 3.98. The maximum Gasteiger partial charge on any atom is 0.315 e. The number of carbonyl (C=O) groups excluding carboxylic acids is 3. The highest BCUT2D eigenvalue weighted by Gasteiger charge is 2.31. The number of hydrogen-bond acceptors (Lipinski definition) is 6. The molecule has 0 aliphatic carbocycles. The Balaban J connectivity index is 1.37. The summed E-state index contributed by atoms with van der Waals surface area (Å²) in [6.07, 6.45) is 0.197. The monoisotopic (exact) mass is 441 g/mol. The largest absolute Gasteiger partial charge is 0.491 e. The number of fused-ring (bicyclic) bond motifs is 1. The van der Waals surface area contributed by atoms with Crippen molar-refractivity contribution in [2.45, 2.75) is 26.3 Å². The van der Waals surface area contributed by atoms with Gasteiger partial charge in [-0.2, -0.15) is 0 Å². The van der Waals surface area contributed by atoms with Crippen LogP contribution < -0.4 is 19.7 Å². The Hall–Kier alpha value is -3.62. The SMILES string of the molecule is CCOc1ccc(N2CCN(C(=O)C(=O)Nc3ccc4c(c3)OC(=O)C4)C[C@H]2C)cc1F. The predicted molar refractivity (Wildman–Crippen MR) is 115 cm³/mol. The van der Waals surface area contributed by atoms with Crippen molar-refractivity contribution in [2.75, 3.05) is 36.5 Å². The molecule has 2 amide bonds. The summed E-state index contributed by atoms with van der Waals surface area (Å²) in [4.78, 5) is 40.0. The normalized spacial score (nSPS) is 17.6. The van der Waals surface area contributed by atoms with E-state index in [0.29, 0.717) is 43.4 Å². The molecule has 0 aromatic heterocycles. The minimum atomic E-state index is -0.762. The van der Waals surface area contributed by atoms with Crippen LogP contribution >= 0.6 is 0 Å². The topological polar surface area (TPSA) is 88.2 Å². The van der Waals surface area contributed by atoms with Crippen LogP contribution in [-0.2, 0) is 20.8 Å². The predicted octanol–water partition coefficient (Wildman–Crippen LogP) is 2.36. The third-order valence-electron chi connectivity index (χ3n) is 5.54. The number of anilines is 2. The summed E-state index contributed by atoms with van der Waals surface area (Å²) in [6, 6.07) is 9.55. The first-order chi connectivity index (χ1) is 15.4. The number of halogens is 1. The molecular formula is C23H24FN3O5. The molecule has 2 aliphatic rings. The van der Waals surface area contributed by atoms with Crippen LogP contribution in [0.1, 0.15) is 19.4 Å². The van der Waals surface area contributed by atoms with E-state index in [1.54, 1.807) is 31.2 Å². The molecule has 32 heavy (non-hydrogen) atoms. The minimum Gasteiger partial charge on any atom is -0.491 e. The molecular weight excluding hydrogens is 417 g/mol. The van der Waals surface area contributed by atoms with Crippen LogP contribution in [0.25, 0.3) is 0 Å². The van der Waals surface area contributed by atoms with Gasteiger partial charge in [-0.3, -0.25) is 14.4 Å². The Bertz CT molecular complexity index is 1070. The van der Waals surface area contributed by atoms with Crippen LogP contribution in [0.3, 0.4) is 0 Å². The summed E-state index contributed by atoms with van der Waals surface area (Å²) in [5, 5.41) is 2.57. The van der Waals surface area contributed by atoms with Gasteiger partial charge in [0.05, 0.1) is 13.0 Å². The molecule has 1 atom stereocenters. The molecule has 0 unspecified atom stereocenters. The Labute approximate surface area is 184 Å². The second kappa shape index (κ2) is 8.86. The maximum absolute atomic E-state index is 14.2. The zero-order valence-corrected chi connectivity index (χ0v) is 17.9. The number of hydrogen-bond donors (Lipinski definition) is 1. The van der Waals surface area contributed by atoms with Gasteiger partial charge in [-0.1, -0.05) is 6.07 Å². The third kappa shape index (κ3) is 4.37. The summed E-state index contributed by atoms with van der Waals surface area (Å²) in [6.45, 7) is 5.20. The highest BCUT2D eigenvalue weighted by molar-refractivity contribution is 6.39. The molecule has 0 spiro atoms. The standard InChI is InChI=1S/C23H24FN3O5/c1-3-31-19-7-6-17(12-18(19)24)27-9-8-26(13-14(27)2)23(30)22(29)25-16-5-4-15-10-21(28)32-20(15)11-16/h4-7,11-12,14H,3,8-10,13H2,1-2H3,(H,25,29)/t14-/m1/s1. The van der Waals surface area contributed by atoms with Gasteiger partial charge < -0.3 is 24.6 Å². The second-order valence-electron chi connectivity index (χ2n) is 7.77. The van der Waals surface area contributed by atoms with Crippen LogP contribution in [0.5, 0.6) is 11.5 Å². The van der Waals surface area contributed by atoms with Crippen molar-refractivity contribution in [2.24, 2.45) is 0 Å². The number of ether oxygens (including phenoxy) is 2. The molecule has 1 saturated heterocycles. The number of nitrogens with one attached hydrogen (secondary N) is 1. The lowest BCUT2D eigenvalue weighted by atomic mass is 10.1. The van der Waals surface area contributed by atoms with E-state index < -0.39 is 17.6 Å². The third-order valence-corrected chi connectivity index (χ3v) is 5.54. The highest BCUT2D eigenvalue weighted by atomic mass is 19.1. The summed E-state index contributed by atoms with van der Waals surface area (Å²) >= 11 is 0. The van der Waals surface area contributed by atoms with E-state index in [-0.39, 0.29) is 24.2 Å². The lowest BCUT2D eigenvalue weighted by Crippen LogP contribution is -2.55. The van der Waals surface area contributed by atoms with Crippen molar-refractivity contribution in [3.05, 3.63) is 47.8 Å². The van der Waals surface area contributed by atoms with Crippen molar-refractivity contribution in [1.82, 2.24) is 4.90 Å². The maximum atomic E-state index is 14.2. The molecule has 1 N–H and O–H groups in total. The number of rotatable bonds is 4. The van der Waals surface area contributed by atoms with Crippen molar-refractivity contribution >= 4 is 29.2 Å². The first kappa shape index (κ1) is 21.6. The van der Waals surface area contributed by atoms with Crippen LogP contribution in [-0.4, -0.2) is 55.0 Å². The number of nitrogens with zero attached hydrogens (tertiary/aromatic N) is 2. The summed E-state index contributed by atoms with van der Waals surface area (Å²) < 4.78 is 24.6. The van der Waals surface area contributed by atoms with Crippen molar-refractivity contribution in [3.8, 4) is 11.5 Å². The lowest BCUT2D eigenvalue weighted by Gasteiger charge is -2.41. The van der Waals surface area contributed by atoms with Gasteiger partial charge in [0, 0.05) is 54.7 Å². The fraction of sp³-hybridized carbons (Fsp3) is 0.348. The first-order valence-electron chi connectivity index (χ1n) is 10.5. The number of amides is 2. The number of piperazine rings is 1. The van der Waals surface area contributed by atoms with Crippen LogP contribution in [0.15, 0.2) is 36.4 Å². The van der Waals surface area contributed by atoms with E-state index in [0.717, 1.165) is 5.56 Å². The molecule has 0 saturated carbocycles. The zero-order valence-electron chi connectivity index (χ0n) is 17.9. The molecule has 2 aliphatic heterocycles. The first-order valence-corrected chi connectivity index (χ1v) is 10.5. The summed E-state index contributed by atoms with van der Waals surface area (Å²) in [5.74, 6) is -1.59. The van der Waals surface area contributed by atoms with Crippen LogP contribution in [0.4, 0.5) is 15.8 Å². The minimum absolute atomic E-state index is 0.114. The van der Waals surface area contributed by atoms with Gasteiger partial charge in [0.15, 0.2) is 11.6 Å². The molecule has 4 rings (SSSR count). The van der Waals surface area contributed by atoms with Gasteiger partial charge in [-0.05, 0) is 32.0 Å². The zero-order chi connectivity index (χ0) is 22.8. The second-order valence-corrected chi connectivity index (χ2v) is 7.77. The van der Waals surface area contributed by atoms with Crippen LogP contribution in [0.2, 0.25) is 0 Å². The Morgan fingerprint density at radius 2 is 2.03 bits per heavy atom. The van der Waals surface area contributed by atoms with Gasteiger partial charge >= 0.3 is 17.8 Å². The van der Waals surface area contributed by atoms with E-state index >= 15 is 0 Å². The fourth-order valence-corrected chi connectivity index (χ4v) is 3.98. The molecule has 9 heteroatoms. The number of esters is 1. The molecule has 2 heterocycles. The molecule has 2 aromatic carbocycles. The van der Waals surface area contributed by atoms with Gasteiger partial charge in [-0.25, -0.2) is 4.39 Å². The summed E-state index contributed by atoms with van der Waals surface area (Å²) in [7, 11) is 0. The summed E-state index contributed by atoms with van der Waals surface area (Å²) in [5.41, 5.74) is 1.83. The van der Waals surface area contributed by atoms with Gasteiger partial charge in [-0.15, -0.1) is 0 Å². The van der Waals surface area contributed by atoms with Gasteiger partial charge in [0.1, 0.15) is 5.75 Å². The van der Waals surface area contributed by atoms with Crippen molar-refractivity contribution < 1.29 is 28.2 Å². The number of carbonyl (C=O) groups is 3. The van der Waals surface area contributed by atoms with Crippen molar-refractivity contribution in [1.29, 1.82) is 0 Å². The Morgan fingerprint density at radius 1 is 1.22 bits per heavy atom. The smallest absolute Gasteiger partial charge is 0.315 e. The molecule has 1 fully saturated rings. The van der Waals surface area contributed by atoms with E-state index in [1.165, 1.54) is 17.0 Å². The van der Waals surface area contributed by atoms with E-state index in [2.05, 4.69) is 5.32 Å². The van der Waals surface area contributed by atoms with E-state index in [4.69, 9.17) is 9.47 Å². The Morgan fingerprint density at radius 3 is 2.75 bits per heavy atom. The average Bonchev–Trinajstić information content (AvgIpc) is 3.14. The van der Waals surface area contributed by atoms with Gasteiger partial charge in [0.25, 0.3) is 0 Å². The lowest BCUT2D eigenvalue weighted by molar-refractivity contribution is -0.143. The van der Waals surface area contributed by atoms with E-state index in [9.17, 15) is 18.8 Å². The van der Waals surface area contributed by atoms with Crippen LogP contribution in [0, 0.1) is 5.82 Å². The van der Waals surface area contributed by atoms with E-state index in [1.807, 2.05) is 11.8 Å². The molecule has 168 valence electrons. The van der Waals surface area contributed by atoms with Crippen molar-refractivity contribution in [3.63, 3.8) is 0 Å². The van der Waals surface area contributed by atoms with Gasteiger partial charge in [0.2, 0.25) is 0 Å². The molecule has 0 radical (unpaired) electrons. The Kier molecular flexibility index (Phi) is 5.98.